The zero-order valence-corrected chi connectivity index (χ0v) is 10.7. The van der Waals surface area contributed by atoms with Gasteiger partial charge >= 0.3 is 5.97 Å². The summed E-state index contributed by atoms with van der Waals surface area (Å²) >= 11 is 5.91. The summed E-state index contributed by atoms with van der Waals surface area (Å²) in [6.07, 6.45) is 0. The largest absolute Gasteiger partial charge is 0.423 e. The first-order valence-electron chi connectivity index (χ1n) is 5.62. The number of amides is 1. The number of carbonyl (C=O) groups excluding carboxylic acids is 2. The highest BCUT2D eigenvalue weighted by Gasteiger charge is 2.25. The Morgan fingerprint density at radius 2 is 2.33 bits per heavy atom. The molecule has 0 spiro atoms. The monoisotopic (exact) mass is 268 g/mol. The van der Waals surface area contributed by atoms with Gasteiger partial charge in [-0.15, -0.1) is 0 Å². The van der Waals surface area contributed by atoms with Crippen LogP contribution in [-0.4, -0.2) is 31.5 Å². The van der Waals surface area contributed by atoms with Crippen LogP contribution in [0.15, 0.2) is 18.2 Å². The van der Waals surface area contributed by atoms with E-state index >= 15 is 0 Å². The van der Waals surface area contributed by atoms with E-state index in [1.807, 2.05) is 6.92 Å². The van der Waals surface area contributed by atoms with Crippen molar-refractivity contribution in [3.8, 4) is 5.75 Å². The molecule has 0 fully saturated rings. The maximum atomic E-state index is 11.6. The average molecular weight is 269 g/mol. The first-order valence-corrected chi connectivity index (χ1v) is 6.00. The van der Waals surface area contributed by atoms with Gasteiger partial charge in [-0.1, -0.05) is 11.6 Å². The minimum atomic E-state index is -0.380. The van der Waals surface area contributed by atoms with Gasteiger partial charge in [0.25, 0.3) is 0 Å². The molecule has 1 aromatic carbocycles. The normalized spacial score (nSPS) is 13.9. The third-order valence-electron chi connectivity index (χ3n) is 2.51. The molecule has 0 aliphatic carbocycles. The number of benzene rings is 1. The second-order valence-electron chi connectivity index (χ2n) is 3.90. The van der Waals surface area contributed by atoms with Gasteiger partial charge in [0.1, 0.15) is 6.54 Å². The molecule has 96 valence electrons. The van der Waals surface area contributed by atoms with Gasteiger partial charge in [-0.05, 0) is 25.1 Å². The van der Waals surface area contributed by atoms with Crippen LogP contribution in [0.25, 0.3) is 0 Å². The fourth-order valence-electron chi connectivity index (χ4n) is 1.79. The Morgan fingerprint density at radius 3 is 3.06 bits per heavy atom. The van der Waals surface area contributed by atoms with Crippen LogP contribution in [-0.2, 0) is 9.59 Å². The standard InChI is InChI=1S/C12H13ClN2O3/c1-2-14-11(16)6-15-7-12(17)18-10-4-3-8(13)5-9(10)15/h3-5H,2,6-7H2,1H3,(H,14,16). The third-order valence-corrected chi connectivity index (χ3v) is 2.75. The van der Waals surface area contributed by atoms with Gasteiger partial charge < -0.3 is 15.0 Å². The fraction of sp³-hybridized carbons (Fsp3) is 0.333. The van der Waals surface area contributed by atoms with Gasteiger partial charge in [-0.25, -0.2) is 4.79 Å². The van der Waals surface area contributed by atoms with E-state index in [-0.39, 0.29) is 25.0 Å². The molecule has 18 heavy (non-hydrogen) atoms. The maximum absolute atomic E-state index is 11.6. The summed E-state index contributed by atoms with van der Waals surface area (Å²) in [4.78, 5) is 24.7. The fourth-order valence-corrected chi connectivity index (χ4v) is 1.95. The number of halogens is 1. The molecule has 0 bridgehead atoms. The van der Waals surface area contributed by atoms with Crippen molar-refractivity contribution in [2.24, 2.45) is 0 Å². The Bertz CT molecular complexity index is 490. The van der Waals surface area contributed by atoms with Crippen molar-refractivity contribution in [1.29, 1.82) is 0 Å². The molecule has 5 nitrogen and oxygen atoms in total. The second-order valence-corrected chi connectivity index (χ2v) is 4.33. The van der Waals surface area contributed by atoms with Crippen molar-refractivity contribution < 1.29 is 14.3 Å². The Balaban J connectivity index is 2.24. The summed E-state index contributed by atoms with van der Waals surface area (Å²) in [5, 5.41) is 3.22. The summed E-state index contributed by atoms with van der Waals surface area (Å²) < 4.78 is 5.09. The molecule has 1 aliphatic heterocycles. The number of nitrogens with one attached hydrogen (secondary N) is 1. The van der Waals surface area contributed by atoms with Crippen molar-refractivity contribution in [2.45, 2.75) is 6.92 Å². The van der Waals surface area contributed by atoms with Crippen molar-refractivity contribution >= 4 is 29.2 Å². The number of fused-ring (bicyclic) bond motifs is 1. The lowest BCUT2D eigenvalue weighted by Gasteiger charge is -2.29. The molecule has 1 heterocycles. The van der Waals surface area contributed by atoms with E-state index in [9.17, 15) is 9.59 Å². The SMILES string of the molecule is CCNC(=O)CN1CC(=O)Oc2ccc(Cl)cc21. The molecule has 0 saturated heterocycles. The van der Waals surface area contributed by atoms with Crippen LogP contribution in [0.4, 0.5) is 5.69 Å². The second kappa shape index (κ2) is 5.27. The zero-order valence-electron chi connectivity index (χ0n) is 9.90. The highest BCUT2D eigenvalue weighted by molar-refractivity contribution is 6.31. The molecule has 0 radical (unpaired) electrons. The van der Waals surface area contributed by atoms with Crippen LogP contribution in [0.3, 0.4) is 0 Å². The minimum absolute atomic E-state index is 0.0461. The molecular weight excluding hydrogens is 256 g/mol. The number of ether oxygens (including phenoxy) is 1. The summed E-state index contributed by atoms with van der Waals surface area (Å²) in [6.45, 7) is 2.55. The van der Waals surface area contributed by atoms with E-state index in [4.69, 9.17) is 16.3 Å². The highest BCUT2D eigenvalue weighted by atomic mass is 35.5. The zero-order chi connectivity index (χ0) is 13.1. The van der Waals surface area contributed by atoms with Crippen molar-refractivity contribution in [1.82, 2.24) is 5.32 Å². The van der Waals surface area contributed by atoms with E-state index in [0.717, 1.165) is 0 Å². The van der Waals surface area contributed by atoms with E-state index in [0.29, 0.717) is 23.0 Å². The summed E-state index contributed by atoms with van der Waals surface area (Å²) in [7, 11) is 0. The number of nitrogens with zero attached hydrogens (tertiary/aromatic N) is 1. The number of likely N-dealkylation sites (N-methyl/N-ethyl adjacent to an activating group) is 1. The molecule has 0 saturated carbocycles. The lowest BCUT2D eigenvalue weighted by molar-refractivity contribution is -0.133. The van der Waals surface area contributed by atoms with Crippen molar-refractivity contribution in [3.05, 3.63) is 23.2 Å². The van der Waals surface area contributed by atoms with Crippen LogP contribution >= 0.6 is 11.6 Å². The van der Waals surface area contributed by atoms with Gasteiger partial charge in [-0.2, -0.15) is 0 Å². The molecule has 0 unspecified atom stereocenters. The topological polar surface area (TPSA) is 58.6 Å². The molecule has 0 aromatic heterocycles. The molecule has 1 amide bonds. The van der Waals surface area contributed by atoms with Gasteiger partial charge in [0.05, 0.1) is 12.2 Å². The van der Waals surface area contributed by atoms with Crippen LogP contribution in [0.2, 0.25) is 5.02 Å². The van der Waals surface area contributed by atoms with Crippen LogP contribution in [0.1, 0.15) is 6.92 Å². The summed E-state index contributed by atoms with van der Waals surface area (Å²) in [5.41, 5.74) is 0.661. The molecule has 0 atom stereocenters. The quantitative estimate of drug-likeness (QED) is 0.661. The predicted molar refractivity (Wildman–Crippen MR) is 68.0 cm³/mol. The van der Waals surface area contributed by atoms with Crippen LogP contribution < -0.4 is 15.0 Å². The summed E-state index contributed by atoms with van der Waals surface area (Å²) in [6, 6.07) is 4.95. The smallest absolute Gasteiger partial charge is 0.331 e. The van der Waals surface area contributed by atoms with E-state index in [1.54, 1.807) is 23.1 Å². The summed E-state index contributed by atoms with van der Waals surface area (Å²) in [5.74, 6) is -0.0906. The van der Waals surface area contributed by atoms with Gasteiger partial charge in [0, 0.05) is 11.6 Å². The Labute approximate surface area is 110 Å². The molecule has 1 N–H and O–H groups in total. The van der Waals surface area contributed by atoms with Crippen LogP contribution in [0.5, 0.6) is 5.75 Å². The van der Waals surface area contributed by atoms with Crippen molar-refractivity contribution in [3.63, 3.8) is 0 Å². The lowest BCUT2D eigenvalue weighted by Crippen LogP contribution is -2.43. The van der Waals surface area contributed by atoms with E-state index in [1.165, 1.54) is 0 Å². The molecule has 6 heteroatoms. The minimum Gasteiger partial charge on any atom is -0.423 e. The molecule has 2 rings (SSSR count). The third kappa shape index (κ3) is 2.73. The highest BCUT2D eigenvalue weighted by Crippen LogP contribution is 2.33. The number of hydrogen-bond donors (Lipinski definition) is 1. The maximum Gasteiger partial charge on any atom is 0.331 e. The number of anilines is 1. The lowest BCUT2D eigenvalue weighted by atomic mass is 10.2. The van der Waals surface area contributed by atoms with Crippen LogP contribution in [0, 0.1) is 0 Å². The number of rotatable bonds is 3. The van der Waals surface area contributed by atoms with E-state index in [2.05, 4.69) is 5.32 Å². The van der Waals surface area contributed by atoms with Gasteiger partial charge in [0.15, 0.2) is 5.75 Å². The number of carbonyl (C=O) groups is 2. The average Bonchev–Trinajstić information content (AvgIpc) is 2.30. The van der Waals surface area contributed by atoms with Gasteiger partial charge in [0.2, 0.25) is 5.91 Å². The van der Waals surface area contributed by atoms with Crippen molar-refractivity contribution in [2.75, 3.05) is 24.5 Å². The Kier molecular flexibility index (Phi) is 3.72. The number of esters is 1. The van der Waals surface area contributed by atoms with Gasteiger partial charge in [-0.3, -0.25) is 4.79 Å². The molecule has 1 aromatic rings. The Hall–Kier alpha value is -1.75. The first kappa shape index (κ1) is 12.7. The number of hydrogen-bond acceptors (Lipinski definition) is 4. The Morgan fingerprint density at radius 1 is 1.56 bits per heavy atom. The predicted octanol–water partition coefficient (Wildman–Crippen LogP) is 1.20. The van der Waals surface area contributed by atoms with E-state index < -0.39 is 0 Å². The molecule has 1 aliphatic rings. The molecular formula is C12H13ClN2O3. The first-order chi connectivity index (χ1) is 8.60.